The molecule has 0 amide bonds. The molecule has 2 rings (SSSR count). The van der Waals surface area contributed by atoms with Crippen LogP contribution in [-0.4, -0.2) is 21.3 Å². The number of hydrogen-bond donors (Lipinski definition) is 0. The zero-order valence-electron chi connectivity index (χ0n) is 8.33. The van der Waals surface area contributed by atoms with Crippen molar-refractivity contribution in [2.45, 2.75) is 12.6 Å². The molecule has 0 saturated heterocycles. The molecule has 0 unspecified atom stereocenters. The number of Topliss-reactive ketones (excluding diaryl/α,β-unsaturated/α-hetero) is 1. The summed E-state index contributed by atoms with van der Waals surface area (Å²) in [7, 11) is 0. The van der Waals surface area contributed by atoms with Gasteiger partial charge in [-0.2, -0.15) is 13.2 Å². The minimum absolute atomic E-state index is 0.0644. The third-order valence-electron chi connectivity index (χ3n) is 2.12. The number of pyridine rings is 1. The zero-order chi connectivity index (χ0) is 12.6. The lowest BCUT2D eigenvalue weighted by molar-refractivity contribution is -0.170. The number of imidazole rings is 1. The van der Waals surface area contributed by atoms with Gasteiger partial charge in [-0.05, 0) is 12.1 Å². The van der Waals surface area contributed by atoms with Gasteiger partial charge in [0, 0.05) is 12.4 Å². The SMILES string of the molecule is O=C(Cc1cn2cc(Cl)ccc2n1)C(F)(F)F. The third kappa shape index (κ3) is 2.58. The molecule has 0 N–H and O–H groups in total. The van der Waals surface area contributed by atoms with Gasteiger partial charge >= 0.3 is 6.18 Å². The van der Waals surface area contributed by atoms with Crippen molar-refractivity contribution in [1.29, 1.82) is 0 Å². The van der Waals surface area contributed by atoms with E-state index in [2.05, 4.69) is 4.98 Å². The lowest BCUT2D eigenvalue weighted by Crippen LogP contribution is -2.24. The highest BCUT2D eigenvalue weighted by Gasteiger charge is 2.38. The second-order valence-corrected chi connectivity index (χ2v) is 3.88. The van der Waals surface area contributed by atoms with E-state index < -0.39 is 18.4 Å². The summed E-state index contributed by atoms with van der Waals surface area (Å²) in [6.45, 7) is 0. The predicted octanol–water partition coefficient (Wildman–Crippen LogP) is 2.66. The number of carbonyl (C=O) groups is 1. The Bertz CT molecular complexity index is 576. The lowest BCUT2D eigenvalue weighted by atomic mass is 10.2. The van der Waals surface area contributed by atoms with E-state index in [0.717, 1.165) is 0 Å². The summed E-state index contributed by atoms with van der Waals surface area (Å²) in [5, 5.41) is 0.434. The monoisotopic (exact) mass is 262 g/mol. The molecule has 0 aliphatic heterocycles. The highest BCUT2D eigenvalue weighted by molar-refractivity contribution is 6.30. The summed E-state index contributed by atoms with van der Waals surface area (Å²) < 4.78 is 37.6. The number of ketones is 1. The first-order chi connectivity index (χ1) is 7.86. The molecule has 2 aromatic rings. The van der Waals surface area contributed by atoms with Gasteiger partial charge in [0.25, 0.3) is 0 Å². The highest BCUT2D eigenvalue weighted by Crippen LogP contribution is 2.19. The molecule has 0 saturated carbocycles. The maximum Gasteiger partial charge on any atom is 0.450 e. The van der Waals surface area contributed by atoms with E-state index in [1.54, 1.807) is 12.1 Å². The van der Waals surface area contributed by atoms with Gasteiger partial charge in [-0.3, -0.25) is 4.79 Å². The molecule has 0 aliphatic rings. The summed E-state index contributed by atoms with van der Waals surface area (Å²) in [6, 6.07) is 3.13. The van der Waals surface area contributed by atoms with Crippen molar-refractivity contribution in [2.24, 2.45) is 0 Å². The van der Waals surface area contributed by atoms with Crippen LogP contribution in [0.3, 0.4) is 0 Å². The third-order valence-corrected chi connectivity index (χ3v) is 2.35. The Kier molecular flexibility index (Phi) is 2.82. The second kappa shape index (κ2) is 4.03. The molecule has 7 heteroatoms. The number of fused-ring (bicyclic) bond motifs is 1. The fourth-order valence-electron chi connectivity index (χ4n) is 1.37. The number of nitrogens with zero attached hydrogens (tertiary/aromatic N) is 2. The number of rotatable bonds is 2. The molecule has 0 bridgehead atoms. The molecule has 2 aromatic heterocycles. The van der Waals surface area contributed by atoms with Crippen molar-refractivity contribution < 1.29 is 18.0 Å². The number of alkyl halides is 3. The Morgan fingerprint density at radius 2 is 2.06 bits per heavy atom. The summed E-state index contributed by atoms with van der Waals surface area (Å²) in [5.74, 6) is -1.81. The van der Waals surface area contributed by atoms with E-state index >= 15 is 0 Å². The molecule has 0 aliphatic carbocycles. The first kappa shape index (κ1) is 11.9. The summed E-state index contributed by atoms with van der Waals surface area (Å²) in [4.78, 5) is 14.7. The van der Waals surface area contributed by atoms with Crippen LogP contribution in [0.2, 0.25) is 5.02 Å². The van der Waals surface area contributed by atoms with Gasteiger partial charge in [-0.25, -0.2) is 4.98 Å². The molecule has 3 nitrogen and oxygen atoms in total. The van der Waals surface area contributed by atoms with E-state index in [4.69, 9.17) is 11.6 Å². The molecule has 0 radical (unpaired) electrons. The van der Waals surface area contributed by atoms with Crippen LogP contribution in [0.15, 0.2) is 24.5 Å². The lowest BCUT2D eigenvalue weighted by Gasteiger charge is -2.01. The Hall–Kier alpha value is -1.56. The standard InChI is InChI=1S/C10H6ClF3N2O/c11-6-1-2-9-15-7(5-16(9)4-6)3-8(17)10(12,13)14/h1-2,4-5H,3H2. The molecule has 0 aromatic carbocycles. The van der Waals surface area contributed by atoms with Gasteiger partial charge in [0.05, 0.1) is 17.1 Å². The smallest absolute Gasteiger partial charge is 0.305 e. The van der Waals surface area contributed by atoms with Crippen LogP contribution in [-0.2, 0) is 11.2 Å². The van der Waals surface area contributed by atoms with Crippen molar-refractivity contribution in [3.05, 3.63) is 35.2 Å². The van der Waals surface area contributed by atoms with Crippen molar-refractivity contribution in [3.8, 4) is 0 Å². The van der Waals surface area contributed by atoms with Crippen molar-refractivity contribution in [3.63, 3.8) is 0 Å². The molecular formula is C10H6ClF3N2O. The molecule has 2 heterocycles. The van der Waals surface area contributed by atoms with E-state index in [0.29, 0.717) is 10.7 Å². The van der Waals surface area contributed by atoms with Crippen LogP contribution in [0.25, 0.3) is 5.65 Å². The predicted molar refractivity (Wildman–Crippen MR) is 55.0 cm³/mol. The van der Waals surface area contributed by atoms with Gasteiger partial charge in [0.2, 0.25) is 5.78 Å². The topological polar surface area (TPSA) is 34.4 Å². The van der Waals surface area contributed by atoms with E-state index in [1.807, 2.05) is 0 Å². The largest absolute Gasteiger partial charge is 0.450 e. The van der Waals surface area contributed by atoms with Crippen LogP contribution >= 0.6 is 11.6 Å². The van der Waals surface area contributed by atoms with E-state index in [9.17, 15) is 18.0 Å². The molecular weight excluding hydrogens is 257 g/mol. The Morgan fingerprint density at radius 3 is 2.71 bits per heavy atom. The van der Waals surface area contributed by atoms with Gasteiger partial charge < -0.3 is 4.40 Å². The minimum atomic E-state index is -4.83. The fraction of sp³-hybridized carbons (Fsp3) is 0.200. The van der Waals surface area contributed by atoms with Crippen LogP contribution in [0.5, 0.6) is 0 Å². The molecule has 0 fully saturated rings. The normalized spacial score (nSPS) is 12.0. The van der Waals surface area contributed by atoms with Crippen LogP contribution in [0.4, 0.5) is 13.2 Å². The van der Waals surface area contributed by atoms with Crippen LogP contribution in [0, 0.1) is 0 Å². The number of hydrogen-bond acceptors (Lipinski definition) is 2. The molecule has 0 atom stereocenters. The average Bonchev–Trinajstić information content (AvgIpc) is 2.57. The van der Waals surface area contributed by atoms with Gasteiger partial charge in [-0.1, -0.05) is 11.6 Å². The first-order valence-corrected chi connectivity index (χ1v) is 4.97. The average molecular weight is 263 g/mol. The van der Waals surface area contributed by atoms with E-state index in [1.165, 1.54) is 16.8 Å². The quantitative estimate of drug-likeness (QED) is 0.834. The second-order valence-electron chi connectivity index (χ2n) is 3.44. The Morgan fingerprint density at radius 1 is 1.35 bits per heavy atom. The molecule has 0 spiro atoms. The number of aromatic nitrogens is 2. The fourth-order valence-corrected chi connectivity index (χ4v) is 1.54. The van der Waals surface area contributed by atoms with Crippen molar-refractivity contribution >= 4 is 23.0 Å². The first-order valence-electron chi connectivity index (χ1n) is 4.59. The summed E-state index contributed by atoms with van der Waals surface area (Å²) in [6.07, 6.45) is -2.73. The maximum absolute atomic E-state index is 12.0. The summed E-state index contributed by atoms with van der Waals surface area (Å²) >= 11 is 5.71. The zero-order valence-corrected chi connectivity index (χ0v) is 9.09. The van der Waals surface area contributed by atoms with Crippen LogP contribution in [0.1, 0.15) is 5.69 Å². The Labute approximate surface area is 98.8 Å². The van der Waals surface area contributed by atoms with Crippen molar-refractivity contribution in [1.82, 2.24) is 9.38 Å². The Balaban J connectivity index is 2.29. The van der Waals surface area contributed by atoms with E-state index in [-0.39, 0.29) is 5.69 Å². The molecule has 17 heavy (non-hydrogen) atoms. The number of halogens is 4. The van der Waals surface area contributed by atoms with Gasteiger partial charge in [0.1, 0.15) is 5.65 Å². The van der Waals surface area contributed by atoms with Crippen LogP contribution < -0.4 is 0 Å². The molecule has 90 valence electrons. The number of carbonyl (C=O) groups excluding carboxylic acids is 1. The van der Waals surface area contributed by atoms with Gasteiger partial charge in [-0.15, -0.1) is 0 Å². The maximum atomic E-state index is 12.0. The highest BCUT2D eigenvalue weighted by atomic mass is 35.5. The summed E-state index contributed by atoms with van der Waals surface area (Å²) in [5.41, 5.74) is 0.508. The minimum Gasteiger partial charge on any atom is -0.305 e. The van der Waals surface area contributed by atoms with Gasteiger partial charge in [0.15, 0.2) is 0 Å². The van der Waals surface area contributed by atoms with Crippen molar-refractivity contribution in [2.75, 3.05) is 0 Å².